The molecule has 2 rings (SSSR count). The average molecular weight is 240 g/mol. The molecular formula is C11H14BrN. The number of hydrogen-bond acceptors (Lipinski definition) is 1. The number of benzene rings is 1. The van der Waals surface area contributed by atoms with Crippen LogP contribution in [0.2, 0.25) is 0 Å². The zero-order valence-corrected chi connectivity index (χ0v) is 9.13. The van der Waals surface area contributed by atoms with Crippen molar-refractivity contribution >= 4 is 15.9 Å². The van der Waals surface area contributed by atoms with Gasteiger partial charge in [-0.15, -0.1) is 0 Å². The van der Waals surface area contributed by atoms with Crippen molar-refractivity contribution in [3.8, 4) is 0 Å². The molecule has 0 aromatic heterocycles. The van der Waals surface area contributed by atoms with Crippen LogP contribution in [0.1, 0.15) is 30.9 Å². The first-order valence-electron chi connectivity index (χ1n) is 4.78. The first kappa shape index (κ1) is 9.22. The Labute approximate surface area is 87.5 Å². The molecule has 0 unspecified atom stereocenters. The van der Waals surface area contributed by atoms with Crippen molar-refractivity contribution in [2.24, 2.45) is 11.7 Å². The molecule has 0 radical (unpaired) electrons. The molecular weight excluding hydrogens is 226 g/mol. The third kappa shape index (κ3) is 1.94. The average Bonchev–Trinajstić information content (AvgIpc) is 2.01. The van der Waals surface area contributed by atoms with Crippen molar-refractivity contribution in [3.63, 3.8) is 0 Å². The Morgan fingerprint density at radius 1 is 1.38 bits per heavy atom. The molecule has 70 valence electrons. The number of halogens is 1. The first-order chi connectivity index (χ1) is 6.27. The van der Waals surface area contributed by atoms with Gasteiger partial charge in [0.2, 0.25) is 0 Å². The molecule has 0 bridgehead atoms. The molecule has 1 nitrogen and oxygen atoms in total. The quantitative estimate of drug-likeness (QED) is 0.843. The fourth-order valence-electron chi connectivity index (χ4n) is 1.79. The van der Waals surface area contributed by atoms with Gasteiger partial charge in [-0.2, -0.15) is 0 Å². The van der Waals surface area contributed by atoms with E-state index in [-0.39, 0.29) is 6.04 Å². The van der Waals surface area contributed by atoms with Crippen LogP contribution in [0.25, 0.3) is 0 Å². The van der Waals surface area contributed by atoms with Crippen LogP contribution in [0.15, 0.2) is 28.7 Å². The molecule has 1 aromatic rings. The Kier molecular flexibility index (Phi) is 2.70. The van der Waals surface area contributed by atoms with E-state index in [9.17, 15) is 0 Å². The van der Waals surface area contributed by atoms with Gasteiger partial charge in [-0.25, -0.2) is 0 Å². The Morgan fingerprint density at radius 2 is 2.15 bits per heavy atom. The standard InChI is InChI=1S/C11H14BrN/c12-10-6-2-5-9(7-10)11(13)8-3-1-4-8/h2,5-8,11H,1,3-4,13H2/t11-/m1/s1. The lowest BCUT2D eigenvalue weighted by Crippen LogP contribution is -2.26. The Hall–Kier alpha value is -0.340. The normalized spacial score (nSPS) is 19.5. The fraction of sp³-hybridized carbons (Fsp3) is 0.455. The SMILES string of the molecule is N[C@@H](c1cccc(Br)c1)C1CCC1. The Morgan fingerprint density at radius 3 is 2.69 bits per heavy atom. The summed E-state index contributed by atoms with van der Waals surface area (Å²) in [7, 11) is 0. The molecule has 1 aromatic carbocycles. The van der Waals surface area contributed by atoms with Crippen molar-refractivity contribution in [1.29, 1.82) is 0 Å². The molecule has 2 heteroatoms. The minimum atomic E-state index is 0.242. The summed E-state index contributed by atoms with van der Waals surface area (Å²) in [5.41, 5.74) is 7.41. The minimum absolute atomic E-state index is 0.242. The summed E-state index contributed by atoms with van der Waals surface area (Å²) >= 11 is 3.46. The van der Waals surface area contributed by atoms with Gasteiger partial charge in [0.25, 0.3) is 0 Å². The molecule has 13 heavy (non-hydrogen) atoms. The van der Waals surface area contributed by atoms with Gasteiger partial charge in [0, 0.05) is 10.5 Å². The summed E-state index contributed by atoms with van der Waals surface area (Å²) in [5, 5.41) is 0. The van der Waals surface area contributed by atoms with Gasteiger partial charge in [-0.3, -0.25) is 0 Å². The molecule has 1 aliphatic carbocycles. The van der Waals surface area contributed by atoms with Gasteiger partial charge >= 0.3 is 0 Å². The second-order valence-electron chi connectivity index (χ2n) is 3.77. The van der Waals surface area contributed by atoms with Gasteiger partial charge in [0.15, 0.2) is 0 Å². The highest BCUT2D eigenvalue weighted by atomic mass is 79.9. The van der Waals surface area contributed by atoms with Crippen molar-refractivity contribution in [1.82, 2.24) is 0 Å². The van der Waals surface area contributed by atoms with E-state index in [4.69, 9.17) is 5.73 Å². The summed E-state index contributed by atoms with van der Waals surface area (Å²) in [4.78, 5) is 0. The van der Waals surface area contributed by atoms with Gasteiger partial charge in [-0.05, 0) is 36.5 Å². The zero-order chi connectivity index (χ0) is 9.26. The van der Waals surface area contributed by atoms with E-state index in [1.54, 1.807) is 0 Å². The monoisotopic (exact) mass is 239 g/mol. The van der Waals surface area contributed by atoms with Crippen LogP contribution in [0.5, 0.6) is 0 Å². The third-order valence-electron chi connectivity index (χ3n) is 2.89. The smallest absolute Gasteiger partial charge is 0.0323 e. The zero-order valence-electron chi connectivity index (χ0n) is 7.54. The molecule has 0 saturated heterocycles. The molecule has 0 aliphatic heterocycles. The Balaban J connectivity index is 2.14. The van der Waals surface area contributed by atoms with Gasteiger partial charge in [0.1, 0.15) is 0 Å². The van der Waals surface area contributed by atoms with E-state index < -0.39 is 0 Å². The maximum atomic E-state index is 6.15. The predicted molar refractivity (Wildman–Crippen MR) is 58.4 cm³/mol. The highest BCUT2D eigenvalue weighted by Crippen LogP contribution is 2.36. The summed E-state index contributed by atoms with van der Waals surface area (Å²) in [6.45, 7) is 0. The number of rotatable bonds is 2. The van der Waals surface area contributed by atoms with Crippen LogP contribution in [-0.2, 0) is 0 Å². The number of hydrogen-bond donors (Lipinski definition) is 1. The molecule has 1 aliphatic rings. The Bertz CT molecular complexity index is 294. The van der Waals surface area contributed by atoms with E-state index >= 15 is 0 Å². The fourth-order valence-corrected chi connectivity index (χ4v) is 2.20. The predicted octanol–water partition coefficient (Wildman–Crippen LogP) is 3.25. The summed E-state index contributed by atoms with van der Waals surface area (Å²) in [5.74, 6) is 0.717. The van der Waals surface area contributed by atoms with E-state index in [0.717, 1.165) is 4.47 Å². The topological polar surface area (TPSA) is 26.0 Å². The van der Waals surface area contributed by atoms with E-state index in [0.29, 0.717) is 5.92 Å². The molecule has 2 N–H and O–H groups in total. The molecule has 0 spiro atoms. The van der Waals surface area contributed by atoms with E-state index in [2.05, 4.69) is 34.1 Å². The van der Waals surface area contributed by atoms with Gasteiger partial charge < -0.3 is 5.73 Å². The van der Waals surface area contributed by atoms with Crippen molar-refractivity contribution < 1.29 is 0 Å². The van der Waals surface area contributed by atoms with E-state index in [1.165, 1.54) is 24.8 Å². The van der Waals surface area contributed by atoms with E-state index in [1.807, 2.05) is 6.07 Å². The maximum Gasteiger partial charge on any atom is 0.0323 e. The minimum Gasteiger partial charge on any atom is -0.324 e. The van der Waals surface area contributed by atoms with Crippen LogP contribution >= 0.6 is 15.9 Å². The second kappa shape index (κ2) is 3.81. The lowest BCUT2D eigenvalue weighted by molar-refractivity contribution is 0.264. The van der Waals surface area contributed by atoms with Crippen molar-refractivity contribution in [3.05, 3.63) is 34.3 Å². The molecule has 0 heterocycles. The number of nitrogens with two attached hydrogens (primary N) is 1. The maximum absolute atomic E-state index is 6.15. The van der Waals surface area contributed by atoms with Crippen LogP contribution < -0.4 is 5.73 Å². The largest absolute Gasteiger partial charge is 0.324 e. The third-order valence-corrected chi connectivity index (χ3v) is 3.38. The second-order valence-corrected chi connectivity index (χ2v) is 4.69. The molecule has 0 amide bonds. The highest BCUT2D eigenvalue weighted by molar-refractivity contribution is 9.10. The molecule has 1 fully saturated rings. The highest BCUT2D eigenvalue weighted by Gasteiger charge is 2.25. The van der Waals surface area contributed by atoms with Crippen molar-refractivity contribution in [2.75, 3.05) is 0 Å². The van der Waals surface area contributed by atoms with Crippen molar-refractivity contribution in [2.45, 2.75) is 25.3 Å². The van der Waals surface area contributed by atoms with Crippen LogP contribution in [0.3, 0.4) is 0 Å². The van der Waals surface area contributed by atoms with Gasteiger partial charge in [0.05, 0.1) is 0 Å². The molecule has 1 saturated carbocycles. The van der Waals surface area contributed by atoms with Crippen LogP contribution in [0, 0.1) is 5.92 Å². The lowest BCUT2D eigenvalue weighted by atomic mass is 9.78. The molecule has 1 atom stereocenters. The van der Waals surface area contributed by atoms with Crippen LogP contribution in [0.4, 0.5) is 0 Å². The van der Waals surface area contributed by atoms with Gasteiger partial charge in [-0.1, -0.05) is 34.5 Å². The summed E-state index contributed by atoms with van der Waals surface area (Å²) in [6.07, 6.45) is 3.95. The van der Waals surface area contributed by atoms with Crippen LogP contribution in [-0.4, -0.2) is 0 Å². The first-order valence-corrected chi connectivity index (χ1v) is 5.58. The summed E-state index contributed by atoms with van der Waals surface area (Å²) in [6, 6.07) is 8.58. The summed E-state index contributed by atoms with van der Waals surface area (Å²) < 4.78 is 1.12. The lowest BCUT2D eigenvalue weighted by Gasteiger charge is -2.31.